The van der Waals surface area contributed by atoms with Crippen LogP contribution in [-0.2, 0) is 11.3 Å². The first-order valence-electron chi connectivity index (χ1n) is 8.28. The molecule has 1 atom stereocenters. The van der Waals surface area contributed by atoms with Gasteiger partial charge in [-0.3, -0.25) is 19.6 Å². The molecule has 0 bridgehead atoms. The molecule has 0 fully saturated rings. The summed E-state index contributed by atoms with van der Waals surface area (Å²) in [4.78, 5) is 35.9. The fraction of sp³-hybridized carbons (Fsp3) is 0.100. The lowest BCUT2D eigenvalue weighted by atomic mass is 9.96. The number of pyridine rings is 2. The number of ketones is 1. The van der Waals surface area contributed by atoms with Crippen LogP contribution < -0.4 is 0 Å². The van der Waals surface area contributed by atoms with E-state index in [0.717, 1.165) is 5.56 Å². The zero-order valence-corrected chi connectivity index (χ0v) is 15.0. The Kier molecular flexibility index (Phi) is 4.52. The predicted molar refractivity (Wildman–Crippen MR) is 100 cm³/mol. The number of carbonyl (C=O) groups excluding carboxylic acids is 2. The summed E-state index contributed by atoms with van der Waals surface area (Å²) < 4.78 is 0. The summed E-state index contributed by atoms with van der Waals surface area (Å²) in [5.74, 6) is -1.41. The third-order valence-corrected chi connectivity index (χ3v) is 5.26. The van der Waals surface area contributed by atoms with Crippen LogP contribution in [0.25, 0.3) is 0 Å². The van der Waals surface area contributed by atoms with Gasteiger partial charge in [0, 0.05) is 31.3 Å². The highest BCUT2D eigenvalue weighted by molar-refractivity contribution is 7.12. The molecule has 0 unspecified atom stereocenters. The Balaban J connectivity index is 1.79. The van der Waals surface area contributed by atoms with E-state index >= 15 is 0 Å². The number of aliphatic hydroxyl groups is 1. The van der Waals surface area contributed by atoms with E-state index in [0.29, 0.717) is 10.4 Å². The lowest BCUT2D eigenvalue weighted by Crippen LogP contribution is -2.30. The van der Waals surface area contributed by atoms with Crippen LogP contribution in [0.3, 0.4) is 0 Å². The number of carbonyl (C=O) groups is 2. The van der Waals surface area contributed by atoms with E-state index in [1.807, 2.05) is 6.07 Å². The minimum absolute atomic E-state index is 0.0949. The van der Waals surface area contributed by atoms with Gasteiger partial charge in [-0.25, -0.2) is 0 Å². The zero-order chi connectivity index (χ0) is 18.8. The van der Waals surface area contributed by atoms with Gasteiger partial charge < -0.3 is 10.0 Å². The van der Waals surface area contributed by atoms with Gasteiger partial charge in [0.1, 0.15) is 0 Å². The number of Topliss-reactive ketones (excluding diaryl/α,β-unsaturated/α-hetero) is 1. The number of nitrogens with zero attached hydrogens (tertiary/aromatic N) is 3. The quantitative estimate of drug-likeness (QED) is 0.690. The Morgan fingerprint density at radius 1 is 1.11 bits per heavy atom. The average Bonchev–Trinajstić information content (AvgIpc) is 3.32. The Morgan fingerprint density at radius 2 is 1.93 bits per heavy atom. The molecule has 0 aromatic carbocycles. The van der Waals surface area contributed by atoms with E-state index in [2.05, 4.69) is 9.97 Å². The van der Waals surface area contributed by atoms with Crippen molar-refractivity contribution in [3.05, 3.63) is 93.9 Å². The van der Waals surface area contributed by atoms with E-state index in [-0.39, 0.29) is 17.9 Å². The molecule has 0 aliphatic carbocycles. The highest BCUT2D eigenvalue weighted by Gasteiger charge is 2.43. The Labute approximate surface area is 159 Å². The van der Waals surface area contributed by atoms with Gasteiger partial charge >= 0.3 is 0 Å². The van der Waals surface area contributed by atoms with Crippen molar-refractivity contribution in [3.8, 4) is 0 Å². The van der Waals surface area contributed by atoms with E-state index in [1.54, 1.807) is 60.5 Å². The monoisotopic (exact) mass is 377 g/mol. The van der Waals surface area contributed by atoms with Gasteiger partial charge in [-0.1, -0.05) is 12.1 Å². The summed E-state index contributed by atoms with van der Waals surface area (Å²) in [5.41, 5.74) is 1.62. The van der Waals surface area contributed by atoms with E-state index in [9.17, 15) is 14.7 Å². The molecule has 134 valence electrons. The molecule has 0 saturated heterocycles. The van der Waals surface area contributed by atoms with Crippen LogP contribution in [0.4, 0.5) is 0 Å². The molecule has 3 aromatic heterocycles. The SMILES string of the molecule is O=C(C1=C(O)C(=O)N(Cc2cccnc2)[C@H]1c1ccncc1)c1cccs1. The number of thiophene rings is 1. The predicted octanol–water partition coefficient (Wildman–Crippen LogP) is 3.32. The molecule has 1 amide bonds. The lowest BCUT2D eigenvalue weighted by Gasteiger charge is -2.26. The molecule has 1 N–H and O–H groups in total. The third kappa shape index (κ3) is 3.13. The molecule has 27 heavy (non-hydrogen) atoms. The number of rotatable bonds is 5. The van der Waals surface area contributed by atoms with Gasteiger partial charge in [0.15, 0.2) is 5.76 Å². The Bertz CT molecular complexity index is 1000. The maximum Gasteiger partial charge on any atom is 0.290 e. The Hall–Kier alpha value is -3.32. The lowest BCUT2D eigenvalue weighted by molar-refractivity contribution is -0.130. The number of amides is 1. The maximum atomic E-state index is 13.0. The van der Waals surface area contributed by atoms with Gasteiger partial charge in [0.25, 0.3) is 5.91 Å². The maximum absolute atomic E-state index is 13.0. The number of aromatic nitrogens is 2. The normalized spacial score (nSPS) is 16.8. The molecular weight excluding hydrogens is 362 g/mol. The van der Waals surface area contributed by atoms with Crippen molar-refractivity contribution in [2.45, 2.75) is 12.6 Å². The second-order valence-corrected chi connectivity index (χ2v) is 6.99. The molecule has 0 radical (unpaired) electrons. The summed E-state index contributed by atoms with van der Waals surface area (Å²) in [6.07, 6.45) is 6.51. The minimum atomic E-state index is -0.685. The second kappa shape index (κ2) is 7.13. The van der Waals surface area contributed by atoms with Crippen LogP contribution >= 0.6 is 11.3 Å². The van der Waals surface area contributed by atoms with Crippen molar-refractivity contribution in [1.82, 2.24) is 14.9 Å². The van der Waals surface area contributed by atoms with Crippen molar-refractivity contribution in [1.29, 1.82) is 0 Å². The highest BCUT2D eigenvalue weighted by atomic mass is 32.1. The number of aliphatic hydroxyl groups excluding tert-OH is 1. The fourth-order valence-corrected chi connectivity index (χ4v) is 3.85. The van der Waals surface area contributed by atoms with Crippen molar-refractivity contribution < 1.29 is 14.7 Å². The van der Waals surface area contributed by atoms with E-state index < -0.39 is 17.7 Å². The van der Waals surface area contributed by atoms with E-state index in [1.165, 1.54) is 16.2 Å². The second-order valence-electron chi connectivity index (χ2n) is 6.05. The number of hydrogen-bond donors (Lipinski definition) is 1. The van der Waals surface area contributed by atoms with Gasteiger partial charge in [-0.15, -0.1) is 11.3 Å². The van der Waals surface area contributed by atoms with Gasteiger partial charge in [0.05, 0.1) is 16.5 Å². The van der Waals surface area contributed by atoms with Crippen LogP contribution in [0.2, 0.25) is 0 Å². The largest absolute Gasteiger partial charge is 0.503 e. The third-order valence-electron chi connectivity index (χ3n) is 4.39. The van der Waals surface area contributed by atoms with Crippen molar-refractivity contribution in [2.75, 3.05) is 0 Å². The molecular formula is C20H15N3O3S. The summed E-state index contributed by atoms with van der Waals surface area (Å²) in [7, 11) is 0. The highest BCUT2D eigenvalue weighted by Crippen LogP contribution is 2.40. The molecule has 7 heteroatoms. The molecule has 3 aromatic rings. The summed E-state index contributed by atoms with van der Waals surface area (Å²) >= 11 is 1.28. The molecule has 4 heterocycles. The molecule has 0 saturated carbocycles. The molecule has 1 aliphatic heterocycles. The first kappa shape index (κ1) is 17.1. The fourth-order valence-electron chi connectivity index (χ4n) is 3.17. The molecule has 6 nitrogen and oxygen atoms in total. The van der Waals surface area contributed by atoms with Gasteiger partial charge in [-0.05, 0) is 40.8 Å². The molecule has 1 aliphatic rings. The molecule has 4 rings (SSSR count). The minimum Gasteiger partial charge on any atom is -0.503 e. The summed E-state index contributed by atoms with van der Waals surface area (Å²) in [6.45, 7) is 0.227. The standard InChI is InChI=1S/C20H15N3O3S/c24-18(15-4-2-10-27-15)16-17(14-5-8-21-9-6-14)23(20(26)19(16)25)12-13-3-1-7-22-11-13/h1-11,17,25H,12H2/t17-/m0/s1. The van der Waals surface area contributed by atoms with Crippen molar-refractivity contribution in [3.63, 3.8) is 0 Å². The average molecular weight is 377 g/mol. The van der Waals surface area contributed by atoms with E-state index in [4.69, 9.17) is 0 Å². The van der Waals surface area contributed by atoms with Gasteiger partial charge in [0.2, 0.25) is 5.78 Å². The first-order chi connectivity index (χ1) is 13.2. The molecule has 0 spiro atoms. The van der Waals surface area contributed by atoms with Crippen LogP contribution in [0, 0.1) is 0 Å². The smallest absolute Gasteiger partial charge is 0.290 e. The van der Waals surface area contributed by atoms with Crippen molar-refractivity contribution in [2.24, 2.45) is 0 Å². The summed E-state index contributed by atoms with van der Waals surface area (Å²) in [5, 5.41) is 12.3. The van der Waals surface area contributed by atoms with Gasteiger partial charge in [-0.2, -0.15) is 0 Å². The zero-order valence-electron chi connectivity index (χ0n) is 14.1. The van der Waals surface area contributed by atoms with Crippen LogP contribution in [0.1, 0.15) is 26.8 Å². The van der Waals surface area contributed by atoms with Crippen LogP contribution in [-0.4, -0.2) is 31.7 Å². The first-order valence-corrected chi connectivity index (χ1v) is 9.16. The Morgan fingerprint density at radius 3 is 2.59 bits per heavy atom. The van der Waals surface area contributed by atoms with Crippen molar-refractivity contribution >= 4 is 23.0 Å². The van der Waals surface area contributed by atoms with Crippen LogP contribution in [0.5, 0.6) is 0 Å². The van der Waals surface area contributed by atoms with Crippen LogP contribution in [0.15, 0.2) is 77.9 Å². The topological polar surface area (TPSA) is 83.4 Å². The summed E-state index contributed by atoms with van der Waals surface area (Å²) in [6, 6.07) is 9.88. The number of hydrogen-bond acceptors (Lipinski definition) is 6.